The lowest BCUT2D eigenvalue weighted by Crippen LogP contribution is -2.41. The highest BCUT2D eigenvalue weighted by atomic mass is 32.2. The van der Waals surface area contributed by atoms with Crippen LogP contribution in [0, 0.1) is 5.41 Å². The molecular formula is C16H24N2O2S. The van der Waals surface area contributed by atoms with Crippen LogP contribution in [0.3, 0.4) is 0 Å². The van der Waals surface area contributed by atoms with Gasteiger partial charge in [-0.25, -0.2) is 8.42 Å². The summed E-state index contributed by atoms with van der Waals surface area (Å²) in [5, 5.41) is 3.30. The minimum absolute atomic E-state index is 0.256. The van der Waals surface area contributed by atoms with E-state index < -0.39 is 10.0 Å². The van der Waals surface area contributed by atoms with Gasteiger partial charge in [-0.2, -0.15) is 4.31 Å². The highest BCUT2D eigenvalue weighted by Gasteiger charge is 2.34. The van der Waals surface area contributed by atoms with Crippen LogP contribution in [0.5, 0.6) is 0 Å². The summed E-state index contributed by atoms with van der Waals surface area (Å²) in [6.07, 6.45) is 2.66. The predicted octanol–water partition coefficient (Wildman–Crippen LogP) is 2.14. The zero-order chi connectivity index (χ0) is 15.1. The third-order valence-corrected chi connectivity index (χ3v) is 6.77. The molecule has 2 aliphatic heterocycles. The average molecular weight is 308 g/mol. The molecule has 1 N–H and O–H groups in total. The number of fused-ring (bicyclic) bond motifs is 1. The van der Waals surface area contributed by atoms with Gasteiger partial charge in [0.25, 0.3) is 0 Å². The maximum atomic E-state index is 13.0. The van der Waals surface area contributed by atoms with Crippen molar-refractivity contribution in [3.05, 3.63) is 29.3 Å². The maximum absolute atomic E-state index is 13.0. The van der Waals surface area contributed by atoms with Crippen molar-refractivity contribution < 1.29 is 8.42 Å². The van der Waals surface area contributed by atoms with Crippen LogP contribution in [0.25, 0.3) is 0 Å². The smallest absolute Gasteiger partial charge is 0.243 e. The molecule has 21 heavy (non-hydrogen) atoms. The molecule has 0 aromatic heterocycles. The van der Waals surface area contributed by atoms with Crippen molar-refractivity contribution in [2.24, 2.45) is 5.41 Å². The van der Waals surface area contributed by atoms with E-state index >= 15 is 0 Å². The Hall–Kier alpha value is -0.910. The summed E-state index contributed by atoms with van der Waals surface area (Å²) >= 11 is 0. The molecule has 1 aromatic carbocycles. The zero-order valence-corrected chi connectivity index (χ0v) is 13.7. The van der Waals surface area contributed by atoms with Gasteiger partial charge in [-0.15, -0.1) is 0 Å². The van der Waals surface area contributed by atoms with Crippen molar-refractivity contribution in [2.75, 3.05) is 19.6 Å². The fourth-order valence-electron chi connectivity index (χ4n) is 3.21. The third kappa shape index (κ3) is 2.87. The Kier molecular flexibility index (Phi) is 3.84. The van der Waals surface area contributed by atoms with Crippen LogP contribution in [0.4, 0.5) is 0 Å². The standard InChI is InChI=1S/C16H24N2O2S/c1-16(2)7-10-18(11-8-16)21(19,20)15-5-3-4-13-12-17-9-6-14(13)15/h3-5,17H,6-12H2,1-2H3. The minimum atomic E-state index is -3.35. The number of hydrogen-bond donors (Lipinski definition) is 1. The van der Waals surface area contributed by atoms with Crippen LogP contribution in [0.15, 0.2) is 23.1 Å². The van der Waals surface area contributed by atoms with Crippen molar-refractivity contribution in [2.45, 2.75) is 44.6 Å². The van der Waals surface area contributed by atoms with Gasteiger partial charge in [-0.3, -0.25) is 0 Å². The molecule has 2 aliphatic rings. The van der Waals surface area contributed by atoms with Crippen LogP contribution >= 0.6 is 0 Å². The van der Waals surface area contributed by atoms with E-state index in [9.17, 15) is 8.42 Å². The molecule has 5 heteroatoms. The predicted molar refractivity (Wildman–Crippen MR) is 83.6 cm³/mol. The second-order valence-electron chi connectivity index (χ2n) is 6.89. The fraction of sp³-hybridized carbons (Fsp3) is 0.625. The van der Waals surface area contributed by atoms with E-state index in [1.54, 1.807) is 10.4 Å². The molecule has 0 radical (unpaired) electrons. The molecule has 1 saturated heterocycles. The van der Waals surface area contributed by atoms with Gasteiger partial charge in [0.2, 0.25) is 10.0 Å². The molecular weight excluding hydrogens is 284 g/mol. The lowest BCUT2D eigenvalue weighted by Gasteiger charge is -2.36. The van der Waals surface area contributed by atoms with E-state index in [4.69, 9.17) is 0 Å². The minimum Gasteiger partial charge on any atom is -0.312 e. The fourth-order valence-corrected chi connectivity index (χ4v) is 4.95. The zero-order valence-electron chi connectivity index (χ0n) is 12.9. The molecule has 0 spiro atoms. The normalized spacial score (nSPS) is 22.8. The van der Waals surface area contributed by atoms with Crippen LogP contribution in [0.1, 0.15) is 37.8 Å². The van der Waals surface area contributed by atoms with Crippen molar-refractivity contribution in [3.8, 4) is 0 Å². The number of piperidine rings is 1. The van der Waals surface area contributed by atoms with Crippen LogP contribution in [-0.4, -0.2) is 32.4 Å². The molecule has 2 heterocycles. The lowest BCUT2D eigenvalue weighted by atomic mass is 9.83. The van der Waals surface area contributed by atoms with Gasteiger partial charge < -0.3 is 5.32 Å². The summed E-state index contributed by atoms with van der Waals surface area (Å²) in [5.74, 6) is 0. The largest absolute Gasteiger partial charge is 0.312 e. The van der Waals surface area contributed by atoms with E-state index in [0.29, 0.717) is 18.0 Å². The van der Waals surface area contributed by atoms with E-state index in [1.165, 1.54) is 0 Å². The lowest BCUT2D eigenvalue weighted by molar-refractivity contribution is 0.195. The van der Waals surface area contributed by atoms with Crippen molar-refractivity contribution in [3.63, 3.8) is 0 Å². The Morgan fingerprint density at radius 3 is 2.62 bits per heavy atom. The average Bonchev–Trinajstić information content (AvgIpc) is 2.46. The van der Waals surface area contributed by atoms with Gasteiger partial charge in [0.15, 0.2) is 0 Å². The van der Waals surface area contributed by atoms with E-state index in [0.717, 1.165) is 43.5 Å². The number of hydrogen-bond acceptors (Lipinski definition) is 3. The van der Waals surface area contributed by atoms with Gasteiger partial charge in [0.1, 0.15) is 0 Å². The quantitative estimate of drug-likeness (QED) is 0.910. The van der Waals surface area contributed by atoms with Crippen molar-refractivity contribution in [1.82, 2.24) is 9.62 Å². The molecule has 0 bridgehead atoms. The second kappa shape index (κ2) is 5.38. The molecule has 0 unspecified atom stereocenters. The van der Waals surface area contributed by atoms with Crippen LogP contribution in [0.2, 0.25) is 0 Å². The molecule has 116 valence electrons. The monoisotopic (exact) mass is 308 g/mol. The van der Waals surface area contributed by atoms with E-state index in [1.807, 2.05) is 12.1 Å². The molecule has 3 rings (SSSR count). The van der Waals surface area contributed by atoms with E-state index in [-0.39, 0.29) is 5.41 Å². The van der Waals surface area contributed by atoms with Crippen molar-refractivity contribution >= 4 is 10.0 Å². The number of nitrogens with one attached hydrogen (secondary N) is 1. The Morgan fingerprint density at radius 1 is 1.19 bits per heavy atom. The van der Waals surface area contributed by atoms with Gasteiger partial charge in [0.05, 0.1) is 4.90 Å². The summed E-state index contributed by atoms with van der Waals surface area (Å²) in [7, 11) is -3.35. The SMILES string of the molecule is CC1(C)CCN(S(=O)(=O)c2cccc3c2CCNC3)CC1. The summed E-state index contributed by atoms with van der Waals surface area (Å²) in [4.78, 5) is 0.529. The summed E-state index contributed by atoms with van der Waals surface area (Å²) in [6, 6.07) is 5.67. The maximum Gasteiger partial charge on any atom is 0.243 e. The topological polar surface area (TPSA) is 49.4 Å². The Bertz CT molecular complexity index is 628. The van der Waals surface area contributed by atoms with Gasteiger partial charge in [0, 0.05) is 19.6 Å². The number of benzene rings is 1. The van der Waals surface area contributed by atoms with Gasteiger partial charge in [-0.1, -0.05) is 26.0 Å². The second-order valence-corrected chi connectivity index (χ2v) is 8.80. The Morgan fingerprint density at radius 2 is 1.90 bits per heavy atom. The molecule has 0 aliphatic carbocycles. The summed E-state index contributed by atoms with van der Waals surface area (Å²) in [6.45, 7) is 7.33. The van der Waals surface area contributed by atoms with E-state index in [2.05, 4.69) is 19.2 Å². The van der Waals surface area contributed by atoms with Crippen LogP contribution < -0.4 is 5.32 Å². The van der Waals surface area contributed by atoms with Crippen molar-refractivity contribution in [1.29, 1.82) is 0 Å². The summed E-state index contributed by atoms with van der Waals surface area (Å²) < 4.78 is 27.6. The molecule has 0 saturated carbocycles. The first-order valence-corrected chi connectivity index (χ1v) is 9.16. The molecule has 1 aromatic rings. The molecule has 4 nitrogen and oxygen atoms in total. The van der Waals surface area contributed by atoms with Crippen LogP contribution in [-0.2, 0) is 23.0 Å². The third-order valence-electron chi connectivity index (χ3n) is 4.79. The Balaban J connectivity index is 1.93. The summed E-state index contributed by atoms with van der Waals surface area (Å²) in [5.41, 5.74) is 2.40. The molecule has 0 amide bonds. The Labute approximate surface area is 127 Å². The highest BCUT2D eigenvalue weighted by molar-refractivity contribution is 7.89. The first-order valence-electron chi connectivity index (χ1n) is 7.72. The first kappa shape index (κ1) is 15.0. The number of nitrogens with zero attached hydrogens (tertiary/aromatic N) is 1. The molecule has 0 atom stereocenters. The van der Waals surface area contributed by atoms with Gasteiger partial charge >= 0.3 is 0 Å². The molecule has 1 fully saturated rings. The number of rotatable bonds is 2. The number of sulfonamides is 1. The highest BCUT2D eigenvalue weighted by Crippen LogP contribution is 2.33. The van der Waals surface area contributed by atoms with Gasteiger partial charge in [-0.05, 0) is 48.4 Å². The first-order chi connectivity index (χ1) is 9.90.